The van der Waals surface area contributed by atoms with Crippen LogP contribution >= 0.6 is 0 Å². The van der Waals surface area contributed by atoms with Gasteiger partial charge in [-0.25, -0.2) is 33.7 Å². The second-order valence-corrected chi connectivity index (χ2v) is 9.79. The third-order valence-corrected chi connectivity index (χ3v) is 7.07. The molecule has 0 spiro atoms. The van der Waals surface area contributed by atoms with Crippen molar-refractivity contribution in [2.24, 2.45) is 14.1 Å². The molecule has 212 valence electrons. The lowest BCUT2D eigenvalue weighted by Crippen LogP contribution is -2.23. The molecule has 0 radical (unpaired) electrons. The lowest BCUT2D eigenvalue weighted by molar-refractivity contribution is -0.140. The molecule has 4 aromatic heterocycles. The molecule has 1 fully saturated rings. The predicted octanol–water partition coefficient (Wildman–Crippen LogP) is 4.31. The molecule has 10 nitrogen and oxygen atoms in total. The average molecular weight is 572 g/mol. The van der Waals surface area contributed by atoms with Crippen LogP contribution in [-0.4, -0.2) is 51.7 Å². The van der Waals surface area contributed by atoms with E-state index in [1.54, 1.807) is 40.4 Å². The lowest BCUT2D eigenvalue weighted by Gasteiger charge is -2.11. The number of fused-ring (bicyclic) bond motifs is 1. The topological polar surface area (TPSA) is 112 Å². The highest BCUT2D eigenvalue weighted by molar-refractivity contribution is 5.76. The van der Waals surface area contributed by atoms with Crippen LogP contribution in [0.5, 0.6) is 5.88 Å². The summed E-state index contributed by atoms with van der Waals surface area (Å²) in [4.78, 5) is 20.9. The van der Waals surface area contributed by atoms with Gasteiger partial charge in [-0.1, -0.05) is 24.3 Å². The van der Waals surface area contributed by atoms with Crippen LogP contribution in [0, 0.1) is 5.41 Å². The molecule has 0 bridgehead atoms. The van der Waals surface area contributed by atoms with Crippen LogP contribution in [-0.2, 0) is 26.8 Å². The van der Waals surface area contributed by atoms with Crippen LogP contribution < -0.4 is 10.4 Å². The molecule has 5 aromatic rings. The number of nitrogens with one attached hydrogen (secondary N) is 1. The molecule has 1 aromatic carbocycles. The van der Waals surface area contributed by atoms with Crippen molar-refractivity contribution in [2.75, 3.05) is 7.11 Å². The van der Waals surface area contributed by atoms with Crippen molar-refractivity contribution >= 4 is 11.2 Å². The number of hydrogen-bond acceptors (Lipinski definition) is 7. The lowest BCUT2D eigenvalue weighted by atomic mass is 10.1. The number of hydrogen-bond donors (Lipinski definition) is 1. The van der Waals surface area contributed by atoms with Crippen LogP contribution in [0.4, 0.5) is 22.0 Å². The Hall–Kier alpha value is -4.69. The van der Waals surface area contributed by atoms with E-state index in [2.05, 4.69) is 24.9 Å². The molecular weight excluding hydrogens is 549 g/mol. The monoisotopic (exact) mass is 571 g/mol. The summed E-state index contributed by atoms with van der Waals surface area (Å²) >= 11 is 0. The Kier molecular flexibility index (Phi) is 5.94. The Morgan fingerprint density at radius 1 is 1.07 bits per heavy atom. The van der Waals surface area contributed by atoms with Gasteiger partial charge in [0.15, 0.2) is 17.2 Å². The minimum Gasteiger partial charge on any atom is -0.480 e. The maximum Gasteiger partial charge on any atom is 0.434 e. The minimum absolute atomic E-state index is 0.0594. The third kappa shape index (κ3) is 4.50. The molecule has 41 heavy (non-hydrogen) atoms. The summed E-state index contributed by atoms with van der Waals surface area (Å²) < 4.78 is 77.1. The zero-order chi connectivity index (χ0) is 29.3. The molecule has 1 aliphatic rings. The first-order chi connectivity index (χ1) is 19.4. The fraction of sp³-hybridized carbons (Fsp3) is 0.308. The first-order valence-electron chi connectivity index (χ1n) is 12.3. The fourth-order valence-electron chi connectivity index (χ4n) is 4.80. The number of alkyl halides is 5. The first-order valence-corrected chi connectivity index (χ1v) is 12.3. The predicted molar refractivity (Wildman–Crippen MR) is 135 cm³/mol. The van der Waals surface area contributed by atoms with E-state index in [4.69, 9.17) is 10.1 Å². The molecule has 0 saturated heterocycles. The summed E-state index contributed by atoms with van der Waals surface area (Å²) in [5, 5.41) is 8.65. The Bertz CT molecular complexity index is 1850. The van der Waals surface area contributed by atoms with E-state index in [-0.39, 0.29) is 47.4 Å². The van der Waals surface area contributed by atoms with Crippen molar-refractivity contribution in [2.45, 2.75) is 31.0 Å². The van der Waals surface area contributed by atoms with E-state index in [9.17, 15) is 22.0 Å². The maximum atomic E-state index is 14.0. The van der Waals surface area contributed by atoms with Gasteiger partial charge in [0.05, 0.1) is 31.5 Å². The van der Waals surface area contributed by atoms with Gasteiger partial charge in [-0.2, -0.15) is 13.2 Å². The summed E-state index contributed by atoms with van der Waals surface area (Å²) in [7, 11) is 4.53. The van der Waals surface area contributed by atoms with Crippen molar-refractivity contribution in [3.63, 3.8) is 0 Å². The van der Waals surface area contributed by atoms with Crippen LogP contribution in [0.2, 0.25) is 0 Å². The first kappa shape index (κ1) is 26.5. The molecule has 1 N–H and O–H groups in total. The number of halogens is 5. The summed E-state index contributed by atoms with van der Waals surface area (Å²) in [6, 6.07) is 6.77. The number of aromatic nitrogens is 8. The molecule has 6 rings (SSSR count). The zero-order valence-electron chi connectivity index (χ0n) is 21.9. The van der Waals surface area contributed by atoms with E-state index >= 15 is 0 Å². The highest BCUT2D eigenvalue weighted by Gasteiger charge is 2.59. The molecule has 4 heterocycles. The van der Waals surface area contributed by atoms with Gasteiger partial charge >= 0.3 is 6.18 Å². The molecule has 15 heteroatoms. The second-order valence-electron chi connectivity index (χ2n) is 9.79. The molecule has 0 aliphatic heterocycles. The second kappa shape index (κ2) is 9.17. The number of aryl methyl sites for hydroxylation is 2. The molecule has 0 amide bonds. The van der Waals surface area contributed by atoms with E-state index in [1.165, 1.54) is 24.9 Å². The minimum atomic E-state index is -4.55. The van der Waals surface area contributed by atoms with Gasteiger partial charge in [-0.15, -0.1) is 0 Å². The SMILES string of the molecule is COc1ncnc(C2CC2(F)F)c1-c1ncc2c(n1)n(Cc1ccc(-c3nc(C(F)(F)F)cn3C)cc1)c(=N)n2C. The van der Waals surface area contributed by atoms with E-state index < -0.39 is 23.7 Å². The van der Waals surface area contributed by atoms with Gasteiger partial charge in [0.1, 0.15) is 23.2 Å². The van der Waals surface area contributed by atoms with Gasteiger partial charge in [-0.05, 0) is 5.56 Å². The largest absolute Gasteiger partial charge is 0.480 e. The molecule has 1 aliphatic carbocycles. The normalized spacial score (nSPS) is 16.3. The zero-order valence-corrected chi connectivity index (χ0v) is 21.9. The quantitative estimate of drug-likeness (QED) is 0.304. The highest BCUT2D eigenvalue weighted by Crippen LogP contribution is 2.57. The standard InChI is InChI=1S/C26H22F5N9O/c1-38-11-17(26(29,30)31)36-21(38)14-6-4-13(5-7-14)10-40-22-16(39(2)24(40)32)9-33-20(37-22)18-19(15-8-25(15,27)28)34-12-35-23(18)41-3/h4-7,9,11-12,15,32H,8,10H2,1-3H3. The van der Waals surface area contributed by atoms with Crippen molar-refractivity contribution < 1.29 is 26.7 Å². The van der Waals surface area contributed by atoms with Crippen LogP contribution in [0.25, 0.3) is 33.9 Å². The number of nitrogens with zero attached hydrogens (tertiary/aromatic N) is 8. The van der Waals surface area contributed by atoms with Gasteiger partial charge in [0, 0.05) is 32.3 Å². The summed E-state index contributed by atoms with van der Waals surface area (Å²) in [6.45, 7) is 0.192. The number of rotatable bonds is 6. The molecule has 1 atom stereocenters. The third-order valence-electron chi connectivity index (χ3n) is 7.07. The molecular formula is C26H22F5N9O. The number of methoxy groups -OCH3 is 1. The smallest absolute Gasteiger partial charge is 0.434 e. The van der Waals surface area contributed by atoms with E-state index in [0.29, 0.717) is 16.7 Å². The van der Waals surface area contributed by atoms with Gasteiger partial charge in [0.25, 0.3) is 5.92 Å². The highest BCUT2D eigenvalue weighted by atomic mass is 19.4. The summed E-state index contributed by atoms with van der Waals surface area (Å²) in [6.07, 6.45) is -1.32. The van der Waals surface area contributed by atoms with Crippen LogP contribution in [0.1, 0.15) is 29.3 Å². The molecule has 1 saturated carbocycles. The Balaban J connectivity index is 1.38. The van der Waals surface area contributed by atoms with Crippen molar-refractivity contribution in [1.82, 2.24) is 38.6 Å². The number of imidazole rings is 2. The Morgan fingerprint density at radius 2 is 1.78 bits per heavy atom. The fourth-order valence-corrected chi connectivity index (χ4v) is 4.80. The average Bonchev–Trinajstić information content (AvgIpc) is 3.28. The van der Waals surface area contributed by atoms with Gasteiger partial charge in [0.2, 0.25) is 11.5 Å². The summed E-state index contributed by atoms with van der Waals surface area (Å²) in [5.74, 6) is -3.69. The van der Waals surface area contributed by atoms with Gasteiger partial charge < -0.3 is 13.9 Å². The van der Waals surface area contributed by atoms with Crippen molar-refractivity contribution in [3.05, 3.63) is 65.6 Å². The van der Waals surface area contributed by atoms with Crippen molar-refractivity contribution in [1.29, 1.82) is 5.41 Å². The molecule has 1 unspecified atom stereocenters. The number of ether oxygens (including phenoxy) is 1. The van der Waals surface area contributed by atoms with E-state index in [1.807, 2.05) is 0 Å². The van der Waals surface area contributed by atoms with E-state index in [0.717, 1.165) is 18.1 Å². The van der Waals surface area contributed by atoms with Crippen LogP contribution in [0.15, 0.2) is 43.0 Å². The number of benzene rings is 1. The van der Waals surface area contributed by atoms with Crippen molar-refractivity contribution in [3.8, 4) is 28.7 Å². The Labute approximate surface area is 228 Å². The Morgan fingerprint density at radius 3 is 2.39 bits per heavy atom. The van der Waals surface area contributed by atoms with Crippen LogP contribution in [0.3, 0.4) is 0 Å². The van der Waals surface area contributed by atoms with Gasteiger partial charge in [-0.3, -0.25) is 9.98 Å². The maximum absolute atomic E-state index is 14.0. The summed E-state index contributed by atoms with van der Waals surface area (Å²) in [5.41, 5.74) is 1.50.